The fourth-order valence-corrected chi connectivity index (χ4v) is 3.88. The van der Waals surface area contributed by atoms with Gasteiger partial charge in [-0.25, -0.2) is 14.4 Å². The molecular formula is C23H22BrFN4O. The van der Waals surface area contributed by atoms with Crippen LogP contribution < -0.4 is 10.2 Å². The van der Waals surface area contributed by atoms with E-state index < -0.39 is 0 Å². The van der Waals surface area contributed by atoms with Crippen molar-refractivity contribution < 1.29 is 9.18 Å². The molecule has 30 heavy (non-hydrogen) atoms. The maximum Gasteiger partial charge on any atom is 0.229 e. The van der Waals surface area contributed by atoms with Crippen molar-refractivity contribution in [1.29, 1.82) is 0 Å². The van der Waals surface area contributed by atoms with Crippen LogP contribution in [0.25, 0.3) is 11.4 Å². The van der Waals surface area contributed by atoms with Crippen LogP contribution in [0.4, 0.5) is 15.9 Å². The van der Waals surface area contributed by atoms with E-state index in [1.54, 1.807) is 18.3 Å². The van der Waals surface area contributed by atoms with Crippen LogP contribution in [0.5, 0.6) is 0 Å². The van der Waals surface area contributed by atoms with Crippen molar-refractivity contribution in [3.8, 4) is 11.4 Å². The van der Waals surface area contributed by atoms with Gasteiger partial charge in [0, 0.05) is 35.0 Å². The Morgan fingerprint density at radius 3 is 2.77 bits per heavy atom. The smallest absolute Gasteiger partial charge is 0.229 e. The monoisotopic (exact) mass is 468 g/mol. The first kappa shape index (κ1) is 20.5. The standard InChI is InChI=1S/C23H22BrFN4O/c1-15-13-19(8-9-20(15)24)27-23(30)17-3-2-12-29(14-17)21-10-11-26-22(28-21)16-4-6-18(25)7-5-16/h4-11,13,17H,2-3,12,14H2,1H3,(H,27,30). The number of aryl methyl sites for hydroxylation is 1. The molecule has 1 aliphatic rings. The number of anilines is 2. The van der Waals surface area contributed by atoms with E-state index in [1.807, 2.05) is 31.2 Å². The van der Waals surface area contributed by atoms with Gasteiger partial charge in [0.25, 0.3) is 0 Å². The minimum atomic E-state index is -0.291. The molecule has 1 atom stereocenters. The summed E-state index contributed by atoms with van der Waals surface area (Å²) in [4.78, 5) is 23.9. The zero-order valence-corrected chi connectivity index (χ0v) is 18.2. The Morgan fingerprint density at radius 2 is 2.00 bits per heavy atom. The fraction of sp³-hybridized carbons (Fsp3) is 0.261. The highest BCUT2D eigenvalue weighted by molar-refractivity contribution is 9.10. The fourth-order valence-electron chi connectivity index (χ4n) is 3.63. The molecule has 154 valence electrons. The maximum absolute atomic E-state index is 13.2. The lowest BCUT2D eigenvalue weighted by molar-refractivity contribution is -0.120. The molecule has 0 bridgehead atoms. The van der Waals surface area contributed by atoms with Gasteiger partial charge in [0.15, 0.2) is 5.82 Å². The SMILES string of the molecule is Cc1cc(NC(=O)C2CCCN(c3ccnc(-c4ccc(F)cc4)n3)C2)ccc1Br. The van der Waals surface area contributed by atoms with Crippen molar-refractivity contribution in [2.24, 2.45) is 5.92 Å². The predicted molar refractivity (Wildman–Crippen MR) is 120 cm³/mol. The Labute approximate surface area is 183 Å². The van der Waals surface area contributed by atoms with Crippen molar-refractivity contribution in [1.82, 2.24) is 9.97 Å². The van der Waals surface area contributed by atoms with Gasteiger partial charge in [0.2, 0.25) is 5.91 Å². The molecular weight excluding hydrogens is 447 g/mol. The van der Waals surface area contributed by atoms with Crippen LogP contribution >= 0.6 is 15.9 Å². The molecule has 2 heterocycles. The van der Waals surface area contributed by atoms with Gasteiger partial charge in [0.1, 0.15) is 11.6 Å². The number of piperidine rings is 1. The number of aromatic nitrogens is 2. The third kappa shape index (κ3) is 4.67. The molecule has 5 nitrogen and oxygen atoms in total. The number of nitrogens with zero attached hydrogens (tertiary/aromatic N) is 3. The number of carbonyl (C=O) groups excluding carboxylic acids is 1. The first-order valence-corrected chi connectivity index (χ1v) is 10.7. The average Bonchev–Trinajstić information content (AvgIpc) is 2.77. The van der Waals surface area contributed by atoms with E-state index in [0.29, 0.717) is 12.4 Å². The second-order valence-electron chi connectivity index (χ2n) is 7.48. The number of nitrogens with one attached hydrogen (secondary N) is 1. The van der Waals surface area contributed by atoms with Gasteiger partial charge >= 0.3 is 0 Å². The highest BCUT2D eigenvalue weighted by atomic mass is 79.9. The Morgan fingerprint density at radius 1 is 1.20 bits per heavy atom. The number of benzene rings is 2. The molecule has 0 radical (unpaired) electrons. The first-order valence-electron chi connectivity index (χ1n) is 9.90. The van der Waals surface area contributed by atoms with Crippen LogP contribution in [0, 0.1) is 18.7 Å². The maximum atomic E-state index is 13.2. The lowest BCUT2D eigenvalue weighted by Crippen LogP contribution is -2.41. The second kappa shape index (κ2) is 8.92. The number of hydrogen-bond donors (Lipinski definition) is 1. The van der Waals surface area contributed by atoms with Crippen molar-refractivity contribution in [3.05, 3.63) is 70.6 Å². The molecule has 1 unspecified atom stereocenters. The molecule has 1 aromatic heterocycles. The molecule has 2 aromatic carbocycles. The van der Waals surface area contributed by atoms with Gasteiger partial charge in [-0.2, -0.15) is 0 Å². The van der Waals surface area contributed by atoms with Gasteiger partial charge < -0.3 is 10.2 Å². The van der Waals surface area contributed by atoms with Crippen LogP contribution in [-0.2, 0) is 4.79 Å². The number of halogens is 2. The lowest BCUT2D eigenvalue weighted by Gasteiger charge is -2.33. The lowest BCUT2D eigenvalue weighted by atomic mass is 9.97. The summed E-state index contributed by atoms with van der Waals surface area (Å²) < 4.78 is 14.2. The Balaban J connectivity index is 1.47. The van der Waals surface area contributed by atoms with Crippen LogP contribution in [-0.4, -0.2) is 29.0 Å². The first-order chi connectivity index (χ1) is 14.5. The van der Waals surface area contributed by atoms with Crippen LogP contribution in [0.3, 0.4) is 0 Å². The molecule has 0 aliphatic carbocycles. The minimum Gasteiger partial charge on any atom is -0.356 e. The minimum absolute atomic E-state index is 0.0224. The third-order valence-corrected chi connectivity index (χ3v) is 6.17. The normalized spacial score (nSPS) is 16.4. The summed E-state index contributed by atoms with van der Waals surface area (Å²) in [6, 6.07) is 13.8. The predicted octanol–water partition coefficient (Wildman–Crippen LogP) is 5.21. The molecule has 1 aliphatic heterocycles. The van der Waals surface area contributed by atoms with Crippen molar-refractivity contribution >= 4 is 33.3 Å². The molecule has 7 heteroatoms. The zero-order valence-electron chi connectivity index (χ0n) is 16.6. The zero-order chi connectivity index (χ0) is 21.1. The quantitative estimate of drug-likeness (QED) is 0.570. The van der Waals surface area contributed by atoms with E-state index in [0.717, 1.165) is 46.5 Å². The van der Waals surface area contributed by atoms with Crippen molar-refractivity contribution in [3.63, 3.8) is 0 Å². The summed E-state index contributed by atoms with van der Waals surface area (Å²) in [5.74, 6) is 0.938. The molecule has 4 rings (SSSR count). The van der Waals surface area contributed by atoms with E-state index in [4.69, 9.17) is 0 Å². The Bertz CT molecular complexity index is 1060. The topological polar surface area (TPSA) is 58.1 Å². The highest BCUT2D eigenvalue weighted by Crippen LogP contribution is 2.26. The van der Waals surface area contributed by atoms with E-state index in [2.05, 4.69) is 36.1 Å². The molecule has 0 saturated carbocycles. The van der Waals surface area contributed by atoms with E-state index in [9.17, 15) is 9.18 Å². The summed E-state index contributed by atoms with van der Waals surface area (Å²) in [6.45, 7) is 3.43. The third-order valence-electron chi connectivity index (χ3n) is 5.28. The van der Waals surface area contributed by atoms with Gasteiger partial charge in [-0.3, -0.25) is 4.79 Å². The Kier molecular flexibility index (Phi) is 6.08. The van der Waals surface area contributed by atoms with Crippen LogP contribution in [0.2, 0.25) is 0 Å². The summed E-state index contributed by atoms with van der Waals surface area (Å²) >= 11 is 3.48. The Hall–Kier alpha value is -2.80. The van der Waals surface area contributed by atoms with Crippen LogP contribution in [0.15, 0.2) is 59.2 Å². The van der Waals surface area contributed by atoms with Crippen LogP contribution in [0.1, 0.15) is 18.4 Å². The summed E-state index contributed by atoms with van der Waals surface area (Å²) in [5, 5.41) is 3.04. The van der Waals surface area contributed by atoms with E-state index in [1.165, 1.54) is 12.1 Å². The molecule has 1 N–H and O–H groups in total. The van der Waals surface area contributed by atoms with Gasteiger partial charge in [-0.05, 0) is 73.9 Å². The van der Waals surface area contributed by atoms with E-state index in [-0.39, 0.29) is 17.6 Å². The number of amides is 1. The molecule has 3 aromatic rings. The molecule has 1 fully saturated rings. The number of rotatable bonds is 4. The summed E-state index contributed by atoms with van der Waals surface area (Å²) in [5.41, 5.74) is 2.64. The number of hydrogen-bond acceptors (Lipinski definition) is 4. The number of carbonyl (C=O) groups is 1. The highest BCUT2D eigenvalue weighted by Gasteiger charge is 2.27. The van der Waals surface area contributed by atoms with E-state index >= 15 is 0 Å². The summed E-state index contributed by atoms with van der Waals surface area (Å²) in [6.07, 6.45) is 3.45. The largest absolute Gasteiger partial charge is 0.356 e. The average molecular weight is 469 g/mol. The van der Waals surface area contributed by atoms with Gasteiger partial charge in [-0.15, -0.1) is 0 Å². The summed E-state index contributed by atoms with van der Waals surface area (Å²) in [7, 11) is 0. The second-order valence-corrected chi connectivity index (χ2v) is 8.34. The molecule has 1 saturated heterocycles. The van der Waals surface area contributed by atoms with Gasteiger partial charge in [0.05, 0.1) is 5.92 Å². The van der Waals surface area contributed by atoms with Crippen molar-refractivity contribution in [2.75, 3.05) is 23.3 Å². The van der Waals surface area contributed by atoms with Crippen molar-refractivity contribution in [2.45, 2.75) is 19.8 Å². The van der Waals surface area contributed by atoms with Gasteiger partial charge in [-0.1, -0.05) is 15.9 Å². The molecule has 0 spiro atoms. The molecule has 1 amide bonds.